The molecule has 2 rings (SSSR count). The van der Waals surface area contributed by atoms with Crippen molar-refractivity contribution >= 4 is 21.9 Å². The SMILES string of the molecule is CCOC(=O)c1nc(-c2ccc(Br)cn2)no1. The number of aromatic nitrogens is 3. The van der Waals surface area contributed by atoms with Gasteiger partial charge in [0.25, 0.3) is 0 Å². The van der Waals surface area contributed by atoms with Crippen molar-refractivity contribution < 1.29 is 14.1 Å². The van der Waals surface area contributed by atoms with Gasteiger partial charge in [-0.05, 0) is 35.0 Å². The third-order valence-corrected chi connectivity index (χ3v) is 2.30. The van der Waals surface area contributed by atoms with E-state index >= 15 is 0 Å². The van der Waals surface area contributed by atoms with Gasteiger partial charge in [-0.2, -0.15) is 4.98 Å². The maximum absolute atomic E-state index is 11.3. The van der Waals surface area contributed by atoms with Crippen LogP contribution in [0, 0.1) is 0 Å². The molecule has 0 fully saturated rings. The first-order valence-electron chi connectivity index (χ1n) is 4.83. The first-order chi connectivity index (χ1) is 8.20. The van der Waals surface area contributed by atoms with Gasteiger partial charge in [-0.25, -0.2) is 4.79 Å². The van der Waals surface area contributed by atoms with Crippen molar-refractivity contribution in [2.24, 2.45) is 0 Å². The van der Waals surface area contributed by atoms with Gasteiger partial charge in [0.1, 0.15) is 5.69 Å². The van der Waals surface area contributed by atoms with Gasteiger partial charge < -0.3 is 9.26 Å². The van der Waals surface area contributed by atoms with Crippen molar-refractivity contribution in [1.29, 1.82) is 0 Å². The van der Waals surface area contributed by atoms with Crippen molar-refractivity contribution in [2.75, 3.05) is 6.61 Å². The van der Waals surface area contributed by atoms with E-state index in [9.17, 15) is 4.79 Å². The van der Waals surface area contributed by atoms with Crippen LogP contribution in [0.3, 0.4) is 0 Å². The molecule has 0 unspecified atom stereocenters. The summed E-state index contributed by atoms with van der Waals surface area (Å²) in [7, 11) is 0. The normalized spacial score (nSPS) is 10.2. The lowest BCUT2D eigenvalue weighted by Gasteiger charge is -1.94. The summed E-state index contributed by atoms with van der Waals surface area (Å²) in [4.78, 5) is 19.3. The smallest absolute Gasteiger partial charge is 0.397 e. The van der Waals surface area contributed by atoms with E-state index in [1.165, 1.54) is 0 Å². The maximum atomic E-state index is 11.3. The lowest BCUT2D eigenvalue weighted by Crippen LogP contribution is -2.04. The highest BCUT2D eigenvalue weighted by molar-refractivity contribution is 9.10. The second-order valence-electron chi connectivity index (χ2n) is 3.01. The summed E-state index contributed by atoms with van der Waals surface area (Å²) in [6.45, 7) is 1.96. The molecule has 0 N–H and O–H groups in total. The van der Waals surface area contributed by atoms with Crippen molar-refractivity contribution in [3.05, 3.63) is 28.7 Å². The Labute approximate surface area is 105 Å². The molecule has 2 aromatic rings. The summed E-state index contributed by atoms with van der Waals surface area (Å²) in [6, 6.07) is 3.51. The van der Waals surface area contributed by atoms with Gasteiger partial charge in [0.05, 0.1) is 6.61 Å². The average molecular weight is 298 g/mol. The van der Waals surface area contributed by atoms with E-state index in [1.54, 1.807) is 25.3 Å². The van der Waals surface area contributed by atoms with Gasteiger partial charge in [-0.3, -0.25) is 4.98 Å². The number of carbonyl (C=O) groups excluding carboxylic acids is 1. The number of hydrogen-bond acceptors (Lipinski definition) is 6. The van der Waals surface area contributed by atoms with Crippen LogP contribution in [0.2, 0.25) is 0 Å². The van der Waals surface area contributed by atoms with Crippen molar-refractivity contribution in [3.8, 4) is 11.5 Å². The molecule has 0 saturated heterocycles. The number of rotatable bonds is 3. The predicted octanol–water partition coefficient (Wildman–Crippen LogP) is 2.07. The minimum atomic E-state index is -0.636. The minimum absolute atomic E-state index is 0.174. The molecule has 0 radical (unpaired) electrons. The average Bonchev–Trinajstić information content (AvgIpc) is 2.80. The number of esters is 1. The Morgan fingerprint density at radius 2 is 2.35 bits per heavy atom. The summed E-state index contributed by atoms with van der Waals surface area (Å²) < 4.78 is 10.4. The van der Waals surface area contributed by atoms with E-state index in [0.717, 1.165) is 4.47 Å². The third kappa shape index (κ3) is 2.68. The molecule has 7 heteroatoms. The van der Waals surface area contributed by atoms with Crippen LogP contribution in [0.25, 0.3) is 11.5 Å². The minimum Gasteiger partial charge on any atom is -0.459 e. The van der Waals surface area contributed by atoms with E-state index in [1.807, 2.05) is 0 Å². The van der Waals surface area contributed by atoms with E-state index in [2.05, 4.69) is 31.1 Å². The Hall–Kier alpha value is -1.76. The Kier molecular flexibility index (Phi) is 3.48. The number of ether oxygens (including phenoxy) is 1. The van der Waals surface area contributed by atoms with Gasteiger partial charge >= 0.3 is 11.9 Å². The highest BCUT2D eigenvalue weighted by atomic mass is 79.9. The molecule has 88 valence electrons. The molecule has 0 aliphatic carbocycles. The highest BCUT2D eigenvalue weighted by Gasteiger charge is 2.17. The number of carbonyl (C=O) groups is 1. The van der Waals surface area contributed by atoms with Crippen LogP contribution in [0.1, 0.15) is 17.6 Å². The van der Waals surface area contributed by atoms with E-state index in [4.69, 9.17) is 9.26 Å². The van der Waals surface area contributed by atoms with Crippen LogP contribution in [-0.2, 0) is 4.74 Å². The zero-order chi connectivity index (χ0) is 12.3. The lowest BCUT2D eigenvalue weighted by atomic mass is 10.3. The molecular weight excluding hydrogens is 290 g/mol. The van der Waals surface area contributed by atoms with Gasteiger partial charge in [0.2, 0.25) is 5.82 Å². The topological polar surface area (TPSA) is 78.1 Å². The summed E-state index contributed by atoms with van der Waals surface area (Å²) in [5, 5.41) is 3.65. The second kappa shape index (κ2) is 5.05. The van der Waals surface area contributed by atoms with Crippen LogP contribution >= 0.6 is 15.9 Å². The lowest BCUT2D eigenvalue weighted by molar-refractivity contribution is 0.0470. The van der Waals surface area contributed by atoms with Gasteiger partial charge in [0.15, 0.2) is 0 Å². The second-order valence-corrected chi connectivity index (χ2v) is 3.92. The Morgan fingerprint density at radius 3 is 3.00 bits per heavy atom. The van der Waals surface area contributed by atoms with Crippen LogP contribution in [0.15, 0.2) is 27.3 Å². The Morgan fingerprint density at radius 1 is 1.53 bits per heavy atom. The molecule has 0 atom stereocenters. The van der Waals surface area contributed by atoms with Crippen molar-refractivity contribution in [1.82, 2.24) is 15.1 Å². The number of halogens is 1. The first-order valence-corrected chi connectivity index (χ1v) is 5.62. The molecule has 0 bridgehead atoms. The van der Waals surface area contributed by atoms with Gasteiger partial charge in [-0.1, -0.05) is 5.16 Å². The molecule has 17 heavy (non-hydrogen) atoms. The summed E-state index contributed by atoms with van der Waals surface area (Å²) in [5.74, 6) is -0.560. The number of hydrogen-bond donors (Lipinski definition) is 0. The fourth-order valence-corrected chi connectivity index (χ4v) is 1.35. The molecule has 0 saturated carbocycles. The van der Waals surface area contributed by atoms with Crippen LogP contribution in [-0.4, -0.2) is 27.7 Å². The first kappa shape index (κ1) is 11.7. The van der Waals surface area contributed by atoms with E-state index in [-0.39, 0.29) is 18.3 Å². The molecular formula is C10H8BrN3O3. The Balaban J connectivity index is 2.23. The molecule has 2 aromatic heterocycles. The third-order valence-electron chi connectivity index (χ3n) is 1.83. The zero-order valence-corrected chi connectivity index (χ0v) is 10.5. The number of nitrogens with zero attached hydrogens (tertiary/aromatic N) is 3. The quantitative estimate of drug-likeness (QED) is 0.807. The molecule has 0 spiro atoms. The summed E-state index contributed by atoms with van der Waals surface area (Å²) in [6.07, 6.45) is 1.61. The highest BCUT2D eigenvalue weighted by Crippen LogP contribution is 2.16. The van der Waals surface area contributed by atoms with Gasteiger partial charge in [-0.15, -0.1) is 0 Å². The van der Waals surface area contributed by atoms with E-state index in [0.29, 0.717) is 5.69 Å². The summed E-state index contributed by atoms with van der Waals surface area (Å²) in [5.41, 5.74) is 0.521. The van der Waals surface area contributed by atoms with Crippen LogP contribution < -0.4 is 0 Å². The zero-order valence-electron chi connectivity index (χ0n) is 8.88. The van der Waals surface area contributed by atoms with E-state index < -0.39 is 5.97 Å². The molecule has 0 aliphatic heterocycles. The van der Waals surface area contributed by atoms with Crippen LogP contribution in [0.4, 0.5) is 0 Å². The maximum Gasteiger partial charge on any atom is 0.397 e. The monoisotopic (exact) mass is 297 g/mol. The molecule has 0 aromatic carbocycles. The standard InChI is InChI=1S/C10H8BrN3O3/c1-2-16-10(15)9-13-8(14-17-9)7-4-3-6(11)5-12-7/h3-5H,2H2,1H3. The predicted molar refractivity (Wildman–Crippen MR) is 61.2 cm³/mol. The van der Waals surface area contributed by atoms with Gasteiger partial charge in [0, 0.05) is 10.7 Å². The number of pyridine rings is 1. The summed E-state index contributed by atoms with van der Waals surface area (Å²) >= 11 is 3.27. The Bertz CT molecular complexity index is 524. The van der Waals surface area contributed by atoms with Crippen molar-refractivity contribution in [2.45, 2.75) is 6.92 Å². The molecule has 0 amide bonds. The fraction of sp³-hybridized carbons (Fsp3) is 0.200. The molecule has 2 heterocycles. The largest absolute Gasteiger partial charge is 0.459 e. The van der Waals surface area contributed by atoms with Crippen molar-refractivity contribution in [3.63, 3.8) is 0 Å². The molecule has 0 aliphatic rings. The van der Waals surface area contributed by atoms with Crippen LogP contribution in [0.5, 0.6) is 0 Å². The molecule has 6 nitrogen and oxygen atoms in total. The fourth-order valence-electron chi connectivity index (χ4n) is 1.11.